The molecule has 1 aromatic carbocycles. The Morgan fingerprint density at radius 2 is 1.81 bits per heavy atom. The second-order valence-electron chi connectivity index (χ2n) is 6.83. The van der Waals surface area contributed by atoms with Gasteiger partial charge in [0.05, 0.1) is 19.3 Å². The molecule has 5 nitrogen and oxygen atoms in total. The van der Waals surface area contributed by atoms with Gasteiger partial charge in [0.15, 0.2) is 0 Å². The number of nitrogens with zero attached hydrogens (tertiary/aromatic N) is 2. The van der Waals surface area contributed by atoms with Crippen LogP contribution in [-0.2, 0) is 27.9 Å². The van der Waals surface area contributed by atoms with Crippen molar-refractivity contribution >= 4 is 27.3 Å². The Bertz CT molecular complexity index is 847. The van der Waals surface area contributed by atoms with E-state index in [-0.39, 0.29) is 18.5 Å². The predicted octanol–water partition coefficient (Wildman–Crippen LogP) is 3.65. The van der Waals surface area contributed by atoms with E-state index in [0.717, 1.165) is 22.3 Å². The molecule has 7 heteroatoms. The van der Waals surface area contributed by atoms with Crippen LogP contribution in [0.5, 0.6) is 0 Å². The van der Waals surface area contributed by atoms with Crippen LogP contribution in [0.2, 0.25) is 0 Å². The normalized spacial score (nSPS) is 12.9. The minimum Gasteiger partial charge on any atom is -0.332 e. The monoisotopic (exact) mass is 408 g/mol. The van der Waals surface area contributed by atoms with Gasteiger partial charge >= 0.3 is 0 Å². The Balaban J connectivity index is 2.25. The van der Waals surface area contributed by atoms with Gasteiger partial charge in [0.25, 0.3) is 0 Å². The standard InChI is InChI=1S/C20H28N2O3S2/c1-5-17(3)22(27(4,24)25)15-20(23)21(13-18-9-7-6-8-10-18)14-19-16(2)11-12-26-19/h6-12,17H,5,13-15H2,1-4H3. The molecule has 0 fully saturated rings. The van der Waals surface area contributed by atoms with Gasteiger partial charge in [0.1, 0.15) is 0 Å². The van der Waals surface area contributed by atoms with Gasteiger partial charge in [-0.25, -0.2) is 8.42 Å². The maximum Gasteiger partial charge on any atom is 0.238 e. The first-order valence-corrected chi connectivity index (χ1v) is 11.8. The Labute approximate surface area is 166 Å². The average molecular weight is 409 g/mol. The summed E-state index contributed by atoms with van der Waals surface area (Å²) in [5.41, 5.74) is 2.17. The summed E-state index contributed by atoms with van der Waals surface area (Å²) >= 11 is 1.62. The predicted molar refractivity (Wildman–Crippen MR) is 111 cm³/mol. The van der Waals surface area contributed by atoms with Gasteiger partial charge < -0.3 is 4.90 Å². The van der Waals surface area contributed by atoms with Crippen molar-refractivity contribution in [2.24, 2.45) is 0 Å². The van der Waals surface area contributed by atoms with Crippen molar-refractivity contribution in [1.29, 1.82) is 0 Å². The van der Waals surface area contributed by atoms with Gasteiger partial charge in [-0.2, -0.15) is 4.31 Å². The third-order valence-electron chi connectivity index (χ3n) is 4.67. The van der Waals surface area contributed by atoms with E-state index in [9.17, 15) is 13.2 Å². The number of carbonyl (C=O) groups excluding carboxylic acids is 1. The summed E-state index contributed by atoms with van der Waals surface area (Å²) in [4.78, 5) is 16.0. The van der Waals surface area contributed by atoms with Gasteiger partial charge in [-0.1, -0.05) is 37.3 Å². The molecule has 148 valence electrons. The first-order valence-electron chi connectivity index (χ1n) is 9.03. The number of hydrogen-bond acceptors (Lipinski definition) is 4. The molecule has 0 aliphatic carbocycles. The van der Waals surface area contributed by atoms with Crippen LogP contribution in [0.4, 0.5) is 0 Å². The molecular formula is C20H28N2O3S2. The highest BCUT2D eigenvalue weighted by molar-refractivity contribution is 7.88. The fourth-order valence-electron chi connectivity index (χ4n) is 2.81. The smallest absolute Gasteiger partial charge is 0.238 e. The van der Waals surface area contributed by atoms with E-state index in [1.807, 2.05) is 62.5 Å². The maximum absolute atomic E-state index is 13.1. The first-order chi connectivity index (χ1) is 12.7. The third-order valence-corrected chi connectivity index (χ3v) is 7.02. The number of rotatable bonds is 9. The van der Waals surface area contributed by atoms with Crippen LogP contribution >= 0.6 is 11.3 Å². The van der Waals surface area contributed by atoms with Crippen LogP contribution in [0.25, 0.3) is 0 Å². The lowest BCUT2D eigenvalue weighted by molar-refractivity contribution is -0.133. The van der Waals surface area contributed by atoms with E-state index in [1.54, 1.807) is 16.2 Å². The molecule has 27 heavy (non-hydrogen) atoms. The number of carbonyl (C=O) groups is 1. The van der Waals surface area contributed by atoms with Gasteiger partial charge in [-0.15, -0.1) is 11.3 Å². The quantitative estimate of drug-likeness (QED) is 0.636. The van der Waals surface area contributed by atoms with Crippen molar-refractivity contribution < 1.29 is 13.2 Å². The molecule has 1 unspecified atom stereocenters. The van der Waals surface area contributed by atoms with E-state index in [1.165, 1.54) is 4.31 Å². The molecule has 0 bridgehead atoms. The van der Waals surface area contributed by atoms with Crippen molar-refractivity contribution in [3.8, 4) is 0 Å². The average Bonchev–Trinajstić information content (AvgIpc) is 3.03. The van der Waals surface area contributed by atoms with Crippen LogP contribution in [0.15, 0.2) is 41.8 Å². The molecule has 1 aromatic heterocycles. The molecular weight excluding hydrogens is 380 g/mol. The highest BCUT2D eigenvalue weighted by atomic mass is 32.2. The summed E-state index contributed by atoms with van der Waals surface area (Å²) in [6.45, 7) is 6.58. The fourth-order valence-corrected chi connectivity index (χ4v) is 4.88. The molecule has 0 N–H and O–H groups in total. The lowest BCUT2D eigenvalue weighted by atomic mass is 10.2. The Kier molecular flexibility index (Phi) is 7.59. The molecule has 0 aliphatic rings. The summed E-state index contributed by atoms with van der Waals surface area (Å²) in [7, 11) is -3.46. The molecule has 0 spiro atoms. The number of thiophene rings is 1. The molecule has 1 atom stereocenters. The van der Waals surface area contributed by atoms with Crippen LogP contribution < -0.4 is 0 Å². The molecule has 1 amide bonds. The van der Waals surface area contributed by atoms with Crippen molar-refractivity contribution in [1.82, 2.24) is 9.21 Å². The van der Waals surface area contributed by atoms with Gasteiger partial charge in [0.2, 0.25) is 15.9 Å². The SMILES string of the molecule is CCC(C)N(CC(=O)N(Cc1ccccc1)Cc1sccc1C)S(C)(=O)=O. The molecule has 0 saturated carbocycles. The second kappa shape index (κ2) is 9.48. The van der Waals surface area contributed by atoms with E-state index >= 15 is 0 Å². The Morgan fingerprint density at radius 1 is 1.15 bits per heavy atom. The molecule has 0 aliphatic heterocycles. The zero-order chi connectivity index (χ0) is 20.0. The number of benzene rings is 1. The largest absolute Gasteiger partial charge is 0.332 e. The Hall–Kier alpha value is -1.70. The highest BCUT2D eigenvalue weighted by Gasteiger charge is 2.27. The van der Waals surface area contributed by atoms with Crippen molar-refractivity contribution in [2.75, 3.05) is 12.8 Å². The van der Waals surface area contributed by atoms with Gasteiger partial charge in [-0.3, -0.25) is 4.79 Å². The molecule has 2 rings (SSSR count). The lowest BCUT2D eigenvalue weighted by Crippen LogP contribution is -2.45. The van der Waals surface area contributed by atoms with Gasteiger partial charge in [0, 0.05) is 17.5 Å². The first kappa shape index (κ1) is 21.6. The lowest BCUT2D eigenvalue weighted by Gasteiger charge is -2.29. The van der Waals surface area contributed by atoms with Gasteiger partial charge in [-0.05, 0) is 42.8 Å². The minimum absolute atomic E-state index is 0.134. The van der Waals surface area contributed by atoms with Crippen molar-refractivity contribution in [3.05, 3.63) is 57.8 Å². The van der Waals surface area contributed by atoms with Crippen LogP contribution in [0.1, 0.15) is 36.3 Å². The number of amides is 1. The zero-order valence-electron chi connectivity index (χ0n) is 16.4. The van der Waals surface area contributed by atoms with E-state index < -0.39 is 10.0 Å². The van der Waals surface area contributed by atoms with E-state index in [4.69, 9.17) is 0 Å². The number of aryl methyl sites for hydroxylation is 1. The summed E-state index contributed by atoms with van der Waals surface area (Å²) < 4.78 is 25.7. The molecule has 0 saturated heterocycles. The van der Waals surface area contributed by atoms with Crippen molar-refractivity contribution in [2.45, 2.75) is 46.3 Å². The van der Waals surface area contributed by atoms with Crippen LogP contribution in [-0.4, -0.2) is 42.4 Å². The summed E-state index contributed by atoms with van der Waals surface area (Å²) in [6.07, 6.45) is 1.82. The number of hydrogen-bond donors (Lipinski definition) is 0. The molecule has 2 aromatic rings. The summed E-state index contributed by atoms with van der Waals surface area (Å²) in [5, 5.41) is 2.01. The van der Waals surface area contributed by atoms with Crippen LogP contribution in [0, 0.1) is 6.92 Å². The van der Waals surface area contributed by atoms with E-state index in [2.05, 4.69) is 0 Å². The topological polar surface area (TPSA) is 57.7 Å². The maximum atomic E-state index is 13.1. The number of sulfonamides is 1. The Morgan fingerprint density at radius 3 is 2.33 bits per heavy atom. The second-order valence-corrected chi connectivity index (χ2v) is 9.76. The summed E-state index contributed by atoms with van der Waals surface area (Å²) in [5.74, 6) is -0.183. The fraction of sp³-hybridized carbons (Fsp3) is 0.450. The highest BCUT2D eigenvalue weighted by Crippen LogP contribution is 2.20. The minimum atomic E-state index is -3.46. The third kappa shape index (κ3) is 6.16. The summed E-state index contributed by atoms with van der Waals surface area (Å²) in [6, 6.07) is 11.6. The van der Waals surface area contributed by atoms with Crippen LogP contribution in [0.3, 0.4) is 0 Å². The van der Waals surface area contributed by atoms with E-state index in [0.29, 0.717) is 19.5 Å². The molecule has 0 radical (unpaired) electrons. The zero-order valence-corrected chi connectivity index (χ0v) is 18.0. The molecule has 1 heterocycles. The van der Waals surface area contributed by atoms with Crippen molar-refractivity contribution in [3.63, 3.8) is 0 Å².